The van der Waals surface area contributed by atoms with E-state index in [-0.39, 0.29) is 30.6 Å². The summed E-state index contributed by atoms with van der Waals surface area (Å²) < 4.78 is 58.6. The monoisotopic (exact) mass is 438 g/mol. The van der Waals surface area contributed by atoms with Gasteiger partial charge in [0.05, 0.1) is 12.2 Å². The second kappa shape index (κ2) is 9.91. The zero-order valence-electron chi connectivity index (χ0n) is 16.7. The molecule has 1 aliphatic rings. The molecular formula is C22H22F4N2O3. The number of rotatable bonds is 5. The van der Waals surface area contributed by atoms with Crippen molar-refractivity contribution in [2.45, 2.75) is 25.4 Å². The number of alkyl halides is 3. The predicted molar refractivity (Wildman–Crippen MR) is 106 cm³/mol. The maximum atomic E-state index is 13.4. The van der Waals surface area contributed by atoms with Crippen LogP contribution in [-0.2, 0) is 22.1 Å². The van der Waals surface area contributed by atoms with Gasteiger partial charge in [0.2, 0.25) is 5.91 Å². The van der Waals surface area contributed by atoms with Gasteiger partial charge in [0.25, 0.3) is 5.91 Å². The van der Waals surface area contributed by atoms with Gasteiger partial charge in [-0.15, -0.1) is 0 Å². The van der Waals surface area contributed by atoms with Crippen LogP contribution in [0.5, 0.6) is 0 Å². The number of halogens is 4. The van der Waals surface area contributed by atoms with Crippen molar-refractivity contribution in [1.82, 2.24) is 4.90 Å². The molecule has 0 atom stereocenters. The topological polar surface area (TPSA) is 58.6 Å². The van der Waals surface area contributed by atoms with E-state index in [1.807, 2.05) is 0 Å². The first-order valence-corrected chi connectivity index (χ1v) is 9.86. The Balaban J connectivity index is 1.76. The van der Waals surface area contributed by atoms with Gasteiger partial charge in [0.1, 0.15) is 5.82 Å². The predicted octanol–water partition coefficient (Wildman–Crippen LogP) is 4.28. The van der Waals surface area contributed by atoms with E-state index in [1.165, 1.54) is 29.2 Å². The Morgan fingerprint density at radius 1 is 1.06 bits per heavy atom. The minimum atomic E-state index is -4.68. The summed E-state index contributed by atoms with van der Waals surface area (Å²) >= 11 is 0. The van der Waals surface area contributed by atoms with Gasteiger partial charge in [-0.05, 0) is 48.7 Å². The lowest BCUT2D eigenvalue weighted by molar-refractivity contribution is -0.137. The van der Waals surface area contributed by atoms with Crippen molar-refractivity contribution in [3.8, 4) is 0 Å². The fraction of sp³-hybridized carbons (Fsp3) is 0.364. The van der Waals surface area contributed by atoms with Crippen LogP contribution in [0.1, 0.15) is 34.3 Å². The Labute approximate surface area is 177 Å². The summed E-state index contributed by atoms with van der Waals surface area (Å²) in [5.41, 5.74) is -0.700. The lowest BCUT2D eigenvalue weighted by atomic mass is 10.1. The number of nitrogens with zero attached hydrogens (tertiary/aromatic N) is 1. The summed E-state index contributed by atoms with van der Waals surface area (Å²) in [6, 6.07) is 8.56. The Hall–Kier alpha value is -2.94. The standard InChI is InChI=1S/C22H22F4N2O3/c23-18-4-1-3-15(11-18)5-6-20(29)27-19-13-16(12-17(14-19)22(24,25)26)21(30)28-7-2-9-31-10-8-28/h1,3-4,11-14H,2,5-10H2,(H,27,29). The molecule has 5 nitrogen and oxygen atoms in total. The highest BCUT2D eigenvalue weighted by atomic mass is 19.4. The number of aryl methyl sites for hydroxylation is 1. The maximum absolute atomic E-state index is 13.4. The van der Waals surface area contributed by atoms with E-state index in [2.05, 4.69) is 5.32 Å². The quantitative estimate of drug-likeness (QED) is 0.709. The third-order valence-corrected chi connectivity index (χ3v) is 4.83. The molecule has 3 rings (SSSR count). The second-order valence-electron chi connectivity index (χ2n) is 7.23. The molecule has 2 aromatic rings. The number of anilines is 1. The van der Waals surface area contributed by atoms with Gasteiger partial charge in [-0.2, -0.15) is 13.2 Å². The van der Waals surface area contributed by atoms with Crippen molar-refractivity contribution in [3.05, 3.63) is 65.0 Å². The number of benzene rings is 2. The van der Waals surface area contributed by atoms with Crippen LogP contribution in [0, 0.1) is 5.82 Å². The first-order valence-electron chi connectivity index (χ1n) is 9.86. The normalized spacial score (nSPS) is 14.8. The minimum Gasteiger partial charge on any atom is -0.380 e. The summed E-state index contributed by atoms with van der Waals surface area (Å²) in [5, 5.41) is 2.42. The largest absolute Gasteiger partial charge is 0.416 e. The van der Waals surface area contributed by atoms with Crippen LogP contribution in [-0.4, -0.2) is 43.0 Å². The molecule has 1 N–H and O–H groups in total. The molecule has 0 aliphatic carbocycles. The van der Waals surface area contributed by atoms with E-state index in [0.29, 0.717) is 31.7 Å². The number of nitrogens with one attached hydrogen (secondary N) is 1. The smallest absolute Gasteiger partial charge is 0.380 e. The Kier molecular flexibility index (Phi) is 7.27. The van der Waals surface area contributed by atoms with E-state index in [4.69, 9.17) is 4.74 Å². The van der Waals surface area contributed by atoms with Crippen LogP contribution in [0.3, 0.4) is 0 Å². The molecule has 0 spiro atoms. The summed E-state index contributed by atoms with van der Waals surface area (Å²) in [5.74, 6) is -1.52. The van der Waals surface area contributed by atoms with Crippen molar-refractivity contribution in [2.75, 3.05) is 31.6 Å². The van der Waals surface area contributed by atoms with Crippen molar-refractivity contribution in [3.63, 3.8) is 0 Å². The summed E-state index contributed by atoms with van der Waals surface area (Å²) in [6.45, 7) is 1.46. The van der Waals surface area contributed by atoms with Gasteiger partial charge in [-0.3, -0.25) is 9.59 Å². The van der Waals surface area contributed by atoms with Crippen LogP contribution in [0.15, 0.2) is 42.5 Å². The fourth-order valence-corrected chi connectivity index (χ4v) is 3.29. The molecule has 0 aromatic heterocycles. The van der Waals surface area contributed by atoms with Crippen LogP contribution < -0.4 is 5.32 Å². The van der Waals surface area contributed by atoms with Gasteiger partial charge in [0, 0.05) is 37.4 Å². The molecule has 0 bridgehead atoms. The number of ether oxygens (including phenoxy) is 1. The molecule has 1 aliphatic heterocycles. The van der Waals surface area contributed by atoms with E-state index < -0.39 is 29.4 Å². The molecule has 0 saturated carbocycles. The number of carbonyl (C=O) groups is 2. The van der Waals surface area contributed by atoms with E-state index in [1.54, 1.807) is 6.07 Å². The molecule has 31 heavy (non-hydrogen) atoms. The molecule has 1 heterocycles. The lowest BCUT2D eigenvalue weighted by Crippen LogP contribution is -2.33. The van der Waals surface area contributed by atoms with Crippen LogP contribution in [0.25, 0.3) is 0 Å². The summed E-state index contributed by atoms with van der Waals surface area (Å²) in [4.78, 5) is 26.5. The fourth-order valence-electron chi connectivity index (χ4n) is 3.29. The average molecular weight is 438 g/mol. The Bertz CT molecular complexity index is 939. The van der Waals surface area contributed by atoms with Gasteiger partial charge in [0.15, 0.2) is 0 Å². The third kappa shape index (κ3) is 6.52. The summed E-state index contributed by atoms with van der Waals surface area (Å²) in [7, 11) is 0. The average Bonchev–Trinajstić information content (AvgIpc) is 3.00. The minimum absolute atomic E-state index is 0.0492. The van der Waals surface area contributed by atoms with Gasteiger partial charge < -0.3 is 15.0 Å². The highest BCUT2D eigenvalue weighted by Gasteiger charge is 2.32. The number of hydrogen-bond donors (Lipinski definition) is 1. The van der Waals surface area contributed by atoms with Crippen molar-refractivity contribution >= 4 is 17.5 Å². The van der Waals surface area contributed by atoms with Gasteiger partial charge >= 0.3 is 6.18 Å². The van der Waals surface area contributed by atoms with E-state index in [0.717, 1.165) is 12.1 Å². The molecule has 0 radical (unpaired) electrons. The summed E-state index contributed by atoms with van der Waals surface area (Å²) in [6.07, 6.45) is -3.91. The molecule has 1 fully saturated rings. The molecule has 166 valence electrons. The maximum Gasteiger partial charge on any atom is 0.416 e. The lowest BCUT2D eigenvalue weighted by Gasteiger charge is -2.21. The SMILES string of the molecule is O=C(CCc1cccc(F)c1)Nc1cc(C(=O)N2CCCOCC2)cc(C(F)(F)F)c1. The van der Waals surface area contributed by atoms with Gasteiger partial charge in [-0.1, -0.05) is 12.1 Å². The number of carbonyl (C=O) groups excluding carboxylic acids is 2. The molecule has 9 heteroatoms. The molecule has 2 amide bonds. The number of amides is 2. The van der Waals surface area contributed by atoms with Crippen LogP contribution >= 0.6 is 0 Å². The van der Waals surface area contributed by atoms with Crippen LogP contribution in [0.2, 0.25) is 0 Å². The van der Waals surface area contributed by atoms with E-state index in [9.17, 15) is 27.2 Å². The van der Waals surface area contributed by atoms with E-state index >= 15 is 0 Å². The van der Waals surface area contributed by atoms with Crippen LogP contribution in [0.4, 0.5) is 23.2 Å². The van der Waals surface area contributed by atoms with Crippen molar-refractivity contribution < 1.29 is 31.9 Å². The number of hydrogen-bond acceptors (Lipinski definition) is 3. The molecule has 0 unspecified atom stereocenters. The zero-order chi connectivity index (χ0) is 22.4. The highest BCUT2D eigenvalue weighted by Crippen LogP contribution is 2.32. The van der Waals surface area contributed by atoms with Gasteiger partial charge in [-0.25, -0.2) is 4.39 Å². The van der Waals surface area contributed by atoms with Crippen molar-refractivity contribution in [1.29, 1.82) is 0 Å². The Morgan fingerprint density at radius 2 is 1.87 bits per heavy atom. The zero-order valence-corrected chi connectivity index (χ0v) is 16.7. The second-order valence-corrected chi connectivity index (χ2v) is 7.23. The first kappa shape index (κ1) is 22.7. The highest BCUT2D eigenvalue weighted by molar-refractivity contribution is 5.97. The van der Waals surface area contributed by atoms with Crippen molar-refractivity contribution in [2.24, 2.45) is 0 Å². The third-order valence-electron chi connectivity index (χ3n) is 4.83. The molecule has 2 aromatic carbocycles. The first-order chi connectivity index (χ1) is 14.7. The molecule has 1 saturated heterocycles. The molecular weight excluding hydrogens is 416 g/mol. The Morgan fingerprint density at radius 3 is 2.61 bits per heavy atom.